The Morgan fingerprint density at radius 1 is 1.32 bits per heavy atom. The molecule has 0 bridgehead atoms. The molecule has 7 heteroatoms. The number of imide groups is 1. The van der Waals surface area contributed by atoms with Crippen molar-refractivity contribution in [3.63, 3.8) is 0 Å². The van der Waals surface area contributed by atoms with Gasteiger partial charge in [0.25, 0.3) is 0 Å². The highest BCUT2D eigenvalue weighted by atomic mass is 32.2. The van der Waals surface area contributed by atoms with Gasteiger partial charge in [-0.15, -0.1) is 11.8 Å². The molecule has 0 spiro atoms. The first-order valence-corrected chi connectivity index (χ1v) is 8.18. The number of fused-ring (bicyclic) bond motifs is 1. The van der Waals surface area contributed by atoms with E-state index in [9.17, 15) is 9.59 Å². The molecule has 0 aliphatic carbocycles. The van der Waals surface area contributed by atoms with E-state index in [1.165, 1.54) is 16.7 Å². The fraction of sp³-hybridized carbons (Fsp3) is 0.467. The van der Waals surface area contributed by atoms with Crippen molar-refractivity contribution < 1.29 is 19.1 Å². The molecule has 2 aliphatic rings. The van der Waals surface area contributed by atoms with Crippen molar-refractivity contribution in [1.82, 2.24) is 10.2 Å². The lowest BCUT2D eigenvalue weighted by Gasteiger charge is -2.18. The Kier molecular flexibility index (Phi) is 4.42. The van der Waals surface area contributed by atoms with Gasteiger partial charge in [-0.05, 0) is 25.1 Å². The zero-order valence-electron chi connectivity index (χ0n) is 12.3. The van der Waals surface area contributed by atoms with Crippen molar-refractivity contribution in [2.24, 2.45) is 0 Å². The van der Waals surface area contributed by atoms with Crippen LogP contribution in [0.15, 0.2) is 23.1 Å². The molecule has 1 unspecified atom stereocenters. The van der Waals surface area contributed by atoms with Crippen LogP contribution in [0.4, 0.5) is 4.79 Å². The lowest BCUT2D eigenvalue weighted by molar-refractivity contribution is -0.126. The minimum atomic E-state index is -0.339. The summed E-state index contributed by atoms with van der Waals surface area (Å²) in [5.41, 5.74) is 0. The summed E-state index contributed by atoms with van der Waals surface area (Å²) in [5, 5.41) is 2.30. The van der Waals surface area contributed by atoms with E-state index in [1.54, 1.807) is 0 Å². The second-order valence-corrected chi connectivity index (χ2v) is 6.56. The van der Waals surface area contributed by atoms with E-state index in [4.69, 9.17) is 9.47 Å². The van der Waals surface area contributed by atoms with Gasteiger partial charge in [-0.2, -0.15) is 0 Å². The lowest BCUT2D eigenvalue weighted by Crippen LogP contribution is -2.38. The molecular weight excluding hydrogens is 304 g/mol. The Morgan fingerprint density at radius 3 is 2.82 bits per heavy atom. The smallest absolute Gasteiger partial charge is 0.324 e. The van der Waals surface area contributed by atoms with E-state index >= 15 is 0 Å². The number of rotatable bonds is 3. The van der Waals surface area contributed by atoms with Crippen molar-refractivity contribution >= 4 is 23.7 Å². The first-order chi connectivity index (χ1) is 10.6. The Morgan fingerprint density at radius 2 is 2.09 bits per heavy atom. The normalized spacial score (nSPS) is 18.6. The number of amides is 3. The third-order valence-corrected chi connectivity index (χ3v) is 4.58. The van der Waals surface area contributed by atoms with Crippen LogP contribution in [-0.2, 0) is 4.79 Å². The Hall–Kier alpha value is -1.89. The second kappa shape index (κ2) is 6.48. The van der Waals surface area contributed by atoms with Crippen LogP contribution < -0.4 is 14.8 Å². The molecule has 1 saturated heterocycles. The number of carbonyl (C=O) groups is 2. The minimum Gasteiger partial charge on any atom is -0.490 e. The van der Waals surface area contributed by atoms with Gasteiger partial charge in [-0.25, -0.2) is 4.79 Å². The van der Waals surface area contributed by atoms with Gasteiger partial charge in [0, 0.05) is 24.4 Å². The molecule has 22 heavy (non-hydrogen) atoms. The molecule has 2 aliphatic heterocycles. The van der Waals surface area contributed by atoms with E-state index in [-0.39, 0.29) is 17.2 Å². The van der Waals surface area contributed by atoms with E-state index in [1.807, 2.05) is 25.1 Å². The van der Waals surface area contributed by atoms with E-state index in [0.717, 1.165) is 17.1 Å². The monoisotopic (exact) mass is 322 g/mol. The van der Waals surface area contributed by atoms with E-state index in [0.29, 0.717) is 32.1 Å². The van der Waals surface area contributed by atoms with Gasteiger partial charge in [0.2, 0.25) is 5.91 Å². The Balaban J connectivity index is 1.68. The van der Waals surface area contributed by atoms with Crippen LogP contribution in [0.1, 0.15) is 13.3 Å². The molecule has 3 rings (SSSR count). The van der Waals surface area contributed by atoms with Crippen LogP contribution in [-0.4, -0.2) is 48.4 Å². The molecule has 1 atom stereocenters. The van der Waals surface area contributed by atoms with Gasteiger partial charge in [-0.3, -0.25) is 9.69 Å². The SMILES string of the molecule is CC(Sc1ccc2c(c1)OCCCO2)C(=O)N1CCNC1=O. The Bertz CT molecular complexity index is 593. The number of urea groups is 1. The average Bonchev–Trinajstić information content (AvgIpc) is 2.80. The van der Waals surface area contributed by atoms with Crippen LogP contribution >= 0.6 is 11.8 Å². The van der Waals surface area contributed by atoms with Crippen LogP contribution in [0.2, 0.25) is 0 Å². The van der Waals surface area contributed by atoms with Crippen molar-refractivity contribution in [3.05, 3.63) is 18.2 Å². The number of hydrogen-bond donors (Lipinski definition) is 1. The van der Waals surface area contributed by atoms with Crippen LogP contribution in [0, 0.1) is 0 Å². The molecule has 0 radical (unpaired) electrons. The Labute approximate surface area is 133 Å². The first kappa shape index (κ1) is 15.0. The molecule has 2 heterocycles. The maximum atomic E-state index is 12.3. The summed E-state index contributed by atoms with van der Waals surface area (Å²) in [5.74, 6) is 1.27. The summed E-state index contributed by atoms with van der Waals surface area (Å²) in [6.07, 6.45) is 0.857. The highest BCUT2D eigenvalue weighted by molar-refractivity contribution is 8.00. The van der Waals surface area contributed by atoms with Crippen molar-refractivity contribution in [3.8, 4) is 11.5 Å². The predicted molar refractivity (Wildman–Crippen MR) is 82.5 cm³/mol. The lowest BCUT2D eigenvalue weighted by atomic mass is 10.3. The number of nitrogens with one attached hydrogen (secondary N) is 1. The molecule has 1 aromatic rings. The highest BCUT2D eigenvalue weighted by Gasteiger charge is 2.30. The fourth-order valence-corrected chi connectivity index (χ4v) is 3.33. The quantitative estimate of drug-likeness (QED) is 0.861. The number of nitrogens with zero attached hydrogens (tertiary/aromatic N) is 1. The van der Waals surface area contributed by atoms with Gasteiger partial charge in [-0.1, -0.05) is 0 Å². The maximum absolute atomic E-state index is 12.3. The standard InChI is InChI=1S/C15H18N2O4S/c1-10(14(18)17-6-5-16-15(17)19)22-11-3-4-12-13(9-11)21-8-2-7-20-12/h3-4,9-10H,2,5-8H2,1H3,(H,16,19). The predicted octanol–water partition coefficient (Wildman–Crippen LogP) is 1.88. The average molecular weight is 322 g/mol. The highest BCUT2D eigenvalue weighted by Crippen LogP contribution is 2.35. The zero-order chi connectivity index (χ0) is 15.5. The number of benzene rings is 1. The second-order valence-electron chi connectivity index (χ2n) is 5.14. The fourth-order valence-electron chi connectivity index (χ4n) is 2.37. The molecule has 1 aromatic carbocycles. The molecular formula is C15H18N2O4S. The third kappa shape index (κ3) is 3.14. The molecule has 1 N–H and O–H groups in total. The molecule has 118 valence electrons. The number of hydrogen-bond acceptors (Lipinski definition) is 5. The van der Waals surface area contributed by atoms with Crippen LogP contribution in [0.3, 0.4) is 0 Å². The van der Waals surface area contributed by atoms with E-state index < -0.39 is 0 Å². The van der Waals surface area contributed by atoms with Crippen molar-refractivity contribution in [2.75, 3.05) is 26.3 Å². The maximum Gasteiger partial charge on any atom is 0.324 e. The summed E-state index contributed by atoms with van der Waals surface area (Å²) in [4.78, 5) is 26.0. The number of carbonyl (C=O) groups excluding carboxylic acids is 2. The van der Waals surface area contributed by atoms with Crippen LogP contribution in [0.5, 0.6) is 11.5 Å². The van der Waals surface area contributed by atoms with Crippen molar-refractivity contribution in [2.45, 2.75) is 23.5 Å². The largest absolute Gasteiger partial charge is 0.490 e. The summed E-state index contributed by atoms with van der Waals surface area (Å²) in [7, 11) is 0. The zero-order valence-corrected chi connectivity index (χ0v) is 13.1. The summed E-state index contributed by atoms with van der Waals surface area (Å²) in [6, 6.07) is 5.35. The summed E-state index contributed by atoms with van der Waals surface area (Å²) in [6.45, 7) is 4.04. The first-order valence-electron chi connectivity index (χ1n) is 7.30. The van der Waals surface area contributed by atoms with Crippen LogP contribution in [0.25, 0.3) is 0 Å². The van der Waals surface area contributed by atoms with Gasteiger partial charge in [0.1, 0.15) is 0 Å². The topological polar surface area (TPSA) is 67.9 Å². The molecule has 6 nitrogen and oxygen atoms in total. The van der Waals surface area contributed by atoms with Gasteiger partial charge < -0.3 is 14.8 Å². The molecule has 3 amide bonds. The minimum absolute atomic E-state index is 0.174. The van der Waals surface area contributed by atoms with E-state index in [2.05, 4.69) is 5.32 Å². The van der Waals surface area contributed by atoms with Crippen molar-refractivity contribution in [1.29, 1.82) is 0 Å². The van der Waals surface area contributed by atoms with Gasteiger partial charge >= 0.3 is 6.03 Å². The van der Waals surface area contributed by atoms with Gasteiger partial charge in [0.15, 0.2) is 11.5 Å². The van der Waals surface area contributed by atoms with Gasteiger partial charge in [0.05, 0.1) is 18.5 Å². The summed E-state index contributed by atoms with van der Waals surface area (Å²) >= 11 is 1.41. The molecule has 0 aromatic heterocycles. The molecule has 0 saturated carbocycles. The third-order valence-electron chi connectivity index (χ3n) is 3.50. The number of ether oxygens (including phenoxy) is 2. The number of thioether (sulfide) groups is 1. The summed E-state index contributed by atoms with van der Waals surface area (Å²) < 4.78 is 11.2. The molecule has 1 fully saturated rings.